The first-order valence-electron chi connectivity index (χ1n) is 8.20. The largest absolute Gasteiger partial charge is 0.463 e. The van der Waals surface area contributed by atoms with Crippen molar-refractivity contribution in [3.05, 3.63) is 91.0 Å². The Morgan fingerprint density at radius 2 is 1.64 bits per heavy atom. The molecule has 0 aliphatic carbocycles. The molecule has 0 saturated heterocycles. The minimum absolute atomic E-state index is 0.403. The number of hydrogen-bond acceptors (Lipinski definition) is 3. The van der Waals surface area contributed by atoms with Crippen LogP contribution < -0.4 is 0 Å². The quantitative estimate of drug-likeness (QED) is 0.584. The Morgan fingerprint density at radius 1 is 0.920 bits per heavy atom. The molecule has 124 valence electrons. The van der Waals surface area contributed by atoms with Gasteiger partial charge in [0.15, 0.2) is 5.76 Å². The molecule has 0 saturated carbocycles. The summed E-state index contributed by atoms with van der Waals surface area (Å²) in [7, 11) is 0. The highest BCUT2D eigenvalue weighted by atomic mass is 16.3. The van der Waals surface area contributed by atoms with Crippen molar-refractivity contribution in [3.8, 4) is 22.7 Å². The Balaban J connectivity index is 1.75. The fourth-order valence-electron chi connectivity index (χ4n) is 2.97. The van der Waals surface area contributed by atoms with Gasteiger partial charge in [0.05, 0.1) is 30.9 Å². The van der Waals surface area contributed by atoms with Crippen molar-refractivity contribution in [2.45, 2.75) is 12.6 Å². The number of aliphatic hydroxyl groups excluding tert-OH is 1. The van der Waals surface area contributed by atoms with Crippen molar-refractivity contribution in [2.24, 2.45) is 0 Å². The minimum Gasteiger partial charge on any atom is -0.463 e. The number of rotatable bonds is 5. The highest BCUT2D eigenvalue weighted by molar-refractivity contribution is 5.76. The highest BCUT2D eigenvalue weighted by Gasteiger charge is 2.19. The summed E-state index contributed by atoms with van der Waals surface area (Å²) in [6.07, 6.45) is 2.79. The van der Waals surface area contributed by atoms with Crippen LogP contribution >= 0.6 is 0 Å². The molecule has 1 atom stereocenters. The molecule has 0 spiro atoms. The number of aliphatic hydroxyl groups is 1. The molecule has 4 nitrogen and oxygen atoms in total. The van der Waals surface area contributed by atoms with Gasteiger partial charge in [-0.2, -0.15) is 0 Å². The zero-order valence-electron chi connectivity index (χ0n) is 13.6. The second kappa shape index (κ2) is 6.79. The molecule has 2 aromatic heterocycles. The molecule has 4 heteroatoms. The van der Waals surface area contributed by atoms with E-state index in [-0.39, 0.29) is 0 Å². The summed E-state index contributed by atoms with van der Waals surface area (Å²) in [5, 5.41) is 10.6. The maximum atomic E-state index is 10.6. The van der Waals surface area contributed by atoms with E-state index in [4.69, 9.17) is 4.42 Å². The number of benzene rings is 2. The first-order chi connectivity index (χ1) is 12.3. The van der Waals surface area contributed by atoms with E-state index in [0.717, 1.165) is 28.3 Å². The molecule has 1 N–H and O–H groups in total. The topological polar surface area (TPSA) is 51.2 Å². The fourth-order valence-corrected chi connectivity index (χ4v) is 2.97. The number of nitrogens with zero attached hydrogens (tertiary/aromatic N) is 2. The van der Waals surface area contributed by atoms with Gasteiger partial charge in [-0.15, -0.1) is 0 Å². The van der Waals surface area contributed by atoms with E-state index >= 15 is 0 Å². The highest BCUT2D eigenvalue weighted by Crippen LogP contribution is 2.32. The van der Waals surface area contributed by atoms with Gasteiger partial charge >= 0.3 is 0 Å². The van der Waals surface area contributed by atoms with Crippen LogP contribution in [0.4, 0.5) is 0 Å². The lowest BCUT2D eigenvalue weighted by atomic mass is 10.1. The first kappa shape index (κ1) is 15.4. The molecule has 0 unspecified atom stereocenters. The summed E-state index contributed by atoms with van der Waals surface area (Å²) in [6, 6.07) is 23.4. The standard InChI is InChI=1S/C21H18N2O2/c24-18(16-8-3-1-4-9-16)14-23-15-22-20(17-10-5-2-6-11-17)21(23)19-12-7-13-25-19/h1-13,15,18,24H,14H2/t18-/m1/s1. The van der Waals surface area contributed by atoms with Crippen LogP contribution in [-0.4, -0.2) is 14.7 Å². The zero-order valence-corrected chi connectivity index (χ0v) is 13.6. The van der Waals surface area contributed by atoms with Gasteiger partial charge in [0.2, 0.25) is 0 Å². The molecule has 4 aromatic rings. The van der Waals surface area contributed by atoms with Gasteiger partial charge in [0.1, 0.15) is 5.69 Å². The van der Waals surface area contributed by atoms with Gasteiger partial charge in [0.25, 0.3) is 0 Å². The molecular formula is C21H18N2O2. The van der Waals surface area contributed by atoms with E-state index in [1.165, 1.54) is 0 Å². The monoisotopic (exact) mass is 330 g/mol. The van der Waals surface area contributed by atoms with E-state index in [9.17, 15) is 5.11 Å². The lowest BCUT2D eigenvalue weighted by Crippen LogP contribution is -2.09. The summed E-state index contributed by atoms with van der Waals surface area (Å²) in [6.45, 7) is 0.403. The van der Waals surface area contributed by atoms with Crippen molar-refractivity contribution in [2.75, 3.05) is 0 Å². The normalized spacial score (nSPS) is 12.2. The Hall–Kier alpha value is -3.11. The van der Waals surface area contributed by atoms with Crippen LogP contribution in [0.25, 0.3) is 22.7 Å². The Labute approximate surface area is 146 Å². The average Bonchev–Trinajstić information content (AvgIpc) is 3.32. The lowest BCUT2D eigenvalue weighted by Gasteiger charge is -2.14. The van der Waals surface area contributed by atoms with Crippen LogP contribution in [0.3, 0.4) is 0 Å². The third-order valence-electron chi connectivity index (χ3n) is 4.19. The zero-order chi connectivity index (χ0) is 17.1. The third-order valence-corrected chi connectivity index (χ3v) is 4.19. The minimum atomic E-state index is -0.618. The SMILES string of the molecule is O[C@H](Cn1cnc(-c2ccccc2)c1-c1ccco1)c1ccccc1. The Bertz CT molecular complexity index is 929. The van der Waals surface area contributed by atoms with Gasteiger partial charge in [0, 0.05) is 5.56 Å². The predicted molar refractivity (Wildman–Crippen MR) is 96.8 cm³/mol. The molecule has 25 heavy (non-hydrogen) atoms. The molecule has 0 aliphatic heterocycles. The lowest BCUT2D eigenvalue weighted by molar-refractivity contribution is 0.157. The van der Waals surface area contributed by atoms with Crippen molar-refractivity contribution in [3.63, 3.8) is 0 Å². The van der Waals surface area contributed by atoms with E-state index in [1.807, 2.05) is 77.4 Å². The first-order valence-corrected chi connectivity index (χ1v) is 8.20. The second-order valence-corrected chi connectivity index (χ2v) is 5.86. The Kier molecular flexibility index (Phi) is 4.19. The molecule has 2 aromatic carbocycles. The predicted octanol–water partition coefficient (Wildman–Crippen LogP) is 4.54. The van der Waals surface area contributed by atoms with Crippen molar-refractivity contribution in [1.29, 1.82) is 0 Å². The fraction of sp³-hybridized carbons (Fsp3) is 0.0952. The van der Waals surface area contributed by atoms with E-state index in [2.05, 4.69) is 4.98 Å². The number of hydrogen-bond donors (Lipinski definition) is 1. The van der Waals surface area contributed by atoms with Gasteiger partial charge < -0.3 is 14.1 Å². The smallest absolute Gasteiger partial charge is 0.152 e. The molecule has 0 amide bonds. The van der Waals surface area contributed by atoms with Gasteiger partial charge in [-0.25, -0.2) is 4.98 Å². The third kappa shape index (κ3) is 3.12. The summed E-state index contributed by atoms with van der Waals surface area (Å²) in [4.78, 5) is 4.58. The van der Waals surface area contributed by atoms with Crippen LogP contribution in [0.1, 0.15) is 11.7 Å². The summed E-state index contributed by atoms with van der Waals surface area (Å²) < 4.78 is 7.57. The number of furan rings is 1. The van der Waals surface area contributed by atoms with E-state index in [1.54, 1.807) is 12.6 Å². The molecular weight excluding hydrogens is 312 g/mol. The maximum absolute atomic E-state index is 10.6. The van der Waals surface area contributed by atoms with Crippen molar-refractivity contribution < 1.29 is 9.52 Å². The Morgan fingerprint density at radius 3 is 2.32 bits per heavy atom. The average molecular weight is 330 g/mol. The van der Waals surface area contributed by atoms with Crippen LogP contribution in [0, 0.1) is 0 Å². The maximum Gasteiger partial charge on any atom is 0.152 e. The second-order valence-electron chi connectivity index (χ2n) is 5.86. The number of aromatic nitrogens is 2. The summed E-state index contributed by atoms with van der Waals surface area (Å²) in [5.41, 5.74) is 3.60. The summed E-state index contributed by atoms with van der Waals surface area (Å²) in [5.74, 6) is 0.733. The van der Waals surface area contributed by atoms with Gasteiger partial charge in [-0.05, 0) is 17.7 Å². The van der Waals surface area contributed by atoms with Gasteiger partial charge in [-0.3, -0.25) is 0 Å². The number of imidazole rings is 1. The van der Waals surface area contributed by atoms with Crippen molar-refractivity contribution in [1.82, 2.24) is 9.55 Å². The van der Waals surface area contributed by atoms with Crippen LogP contribution in [0.2, 0.25) is 0 Å². The molecule has 4 rings (SSSR count). The van der Waals surface area contributed by atoms with E-state index < -0.39 is 6.10 Å². The molecule has 0 fully saturated rings. The van der Waals surface area contributed by atoms with Gasteiger partial charge in [-0.1, -0.05) is 60.7 Å². The molecule has 2 heterocycles. The van der Waals surface area contributed by atoms with Crippen LogP contribution in [0.5, 0.6) is 0 Å². The molecule has 0 radical (unpaired) electrons. The summed E-state index contributed by atoms with van der Waals surface area (Å²) >= 11 is 0. The molecule has 0 aliphatic rings. The van der Waals surface area contributed by atoms with Crippen molar-refractivity contribution >= 4 is 0 Å². The van der Waals surface area contributed by atoms with E-state index in [0.29, 0.717) is 6.54 Å². The molecule has 0 bridgehead atoms. The van der Waals surface area contributed by atoms with Crippen LogP contribution in [0.15, 0.2) is 89.8 Å². The van der Waals surface area contributed by atoms with Crippen LogP contribution in [-0.2, 0) is 6.54 Å².